The van der Waals surface area contributed by atoms with Gasteiger partial charge in [-0.25, -0.2) is 4.68 Å². The molecule has 0 saturated carbocycles. The molecule has 3 aromatic heterocycles. The number of carbonyl (C=O) groups is 1. The van der Waals surface area contributed by atoms with E-state index in [1.807, 2.05) is 61.5 Å². The zero-order valence-corrected chi connectivity index (χ0v) is 22.1. The fourth-order valence-corrected chi connectivity index (χ4v) is 5.18. The van der Waals surface area contributed by atoms with E-state index in [1.54, 1.807) is 21.7 Å². The van der Waals surface area contributed by atoms with Gasteiger partial charge in [0.1, 0.15) is 11.8 Å². The molecular weight excluding hydrogens is 510 g/mol. The number of ether oxygens (including phenoxy) is 1. The summed E-state index contributed by atoms with van der Waals surface area (Å²) in [6.07, 6.45) is 1.50. The number of amides is 1. The Bertz CT molecular complexity index is 1660. The van der Waals surface area contributed by atoms with E-state index in [-0.39, 0.29) is 11.5 Å². The molecule has 1 fully saturated rings. The number of pyridine rings is 1. The average Bonchev–Trinajstić information content (AvgIpc) is 3.68. The summed E-state index contributed by atoms with van der Waals surface area (Å²) < 4.78 is 12.8. The van der Waals surface area contributed by atoms with Gasteiger partial charge in [-0.05, 0) is 59.3 Å². The maximum atomic E-state index is 13.6. The number of piperazine rings is 1. The third-order valence-electron chi connectivity index (χ3n) is 7.13. The molecule has 4 heterocycles. The third kappa shape index (κ3) is 5.10. The number of hydrogen-bond donors (Lipinski definition) is 1. The number of fused-ring (bicyclic) bond motifs is 1. The van der Waals surface area contributed by atoms with Crippen LogP contribution in [0.2, 0.25) is 0 Å². The number of aromatic nitrogens is 5. The Morgan fingerprint density at radius 1 is 1.05 bits per heavy atom. The van der Waals surface area contributed by atoms with Crippen LogP contribution >= 0.6 is 0 Å². The summed E-state index contributed by atoms with van der Waals surface area (Å²) in [5.41, 5.74) is 2.06. The van der Waals surface area contributed by atoms with E-state index < -0.39 is 6.04 Å². The van der Waals surface area contributed by atoms with E-state index in [2.05, 4.69) is 25.4 Å². The van der Waals surface area contributed by atoms with Gasteiger partial charge in [-0.1, -0.05) is 30.3 Å². The van der Waals surface area contributed by atoms with Crippen LogP contribution in [0.4, 0.5) is 0 Å². The van der Waals surface area contributed by atoms with Crippen molar-refractivity contribution in [3.8, 4) is 5.75 Å². The fourth-order valence-electron chi connectivity index (χ4n) is 5.18. The number of nitrogens with zero attached hydrogens (tertiary/aromatic N) is 6. The normalized spacial score (nSPS) is 14.9. The highest BCUT2D eigenvalue weighted by atomic mass is 16.5. The van der Waals surface area contributed by atoms with Gasteiger partial charge in [0.15, 0.2) is 11.6 Å². The number of nitrogens with one attached hydrogen (secondary N) is 1. The van der Waals surface area contributed by atoms with Crippen molar-refractivity contribution >= 4 is 16.8 Å². The van der Waals surface area contributed by atoms with E-state index in [4.69, 9.17) is 9.15 Å². The zero-order valence-electron chi connectivity index (χ0n) is 22.1. The lowest BCUT2D eigenvalue weighted by Crippen LogP contribution is -2.50. The fraction of sp³-hybridized carbons (Fsp3) is 0.276. The van der Waals surface area contributed by atoms with Gasteiger partial charge in [0.05, 0.1) is 19.4 Å². The van der Waals surface area contributed by atoms with Crippen LogP contribution in [-0.2, 0) is 6.54 Å². The van der Waals surface area contributed by atoms with Gasteiger partial charge in [-0.3, -0.25) is 14.5 Å². The van der Waals surface area contributed by atoms with Crippen LogP contribution in [0, 0.1) is 0 Å². The molecule has 11 nitrogen and oxygen atoms in total. The average molecular weight is 540 g/mol. The second kappa shape index (κ2) is 11.1. The number of furan rings is 1. The first kappa shape index (κ1) is 25.5. The number of aromatic amines is 1. The number of carbonyl (C=O) groups excluding carboxylic acids is 1. The van der Waals surface area contributed by atoms with Crippen molar-refractivity contribution < 1.29 is 13.9 Å². The molecule has 1 atom stereocenters. The monoisotopic (exact) mass is 539 g/mol. The largest absolute Gasteiger partial charge is 0.494 e. The smallest absolute Gasteiger partial charge is 0.289 e. The molecule has 1 saturated heterocycles. The Hall–Kier alpha value is -4.77. The second-order valence-electron chi connectivity index (χ2n) is 9.62. The van der Waals surface area contributed by atoms with Crippen LogP contribution in [0.3, 0.4) is 0 Å². The molecule has 6 rings (SSSR count). The molecule has 1 aliphatic rings. The first-order valence-corrected chi connectivity index (χ1v) is 13.3. The molecule has 40 heavy (non-hydrogen) atoms. The van der Waals surface area contributed by atoms with Crippen molar-refractivity contribution in [2.45, 2.75) is 19.5 Å². The SMILES string of the molecule is CCOc1ccc2[nH]c(=O)c(C(c3nnnn3Cc3ccccc3)N3CCN(C(=O)c4ccco4)CC3)cc2c1. The van der Waals surface area contributed by atoms with E-state index in [9.17, 15) is 9.59 Å². The van der Waals surface area contributed by atoms with Crippen molar-refractivity contribution in [2.24, 2.45) is 0 Å². The first-order valence-electron chi connectivity index (χ1n) is 13.3. The van der Waals surface area contributed by atoms with Crippen LogP contribution in [-0.4, -0.2) is 73.7 Å². The Labute approximate surface area is 230 Å². The van der Waals surface area contributed by atoms with E-state index in [0.29, 0.717) is 62.0 Å². The van der Waals surface area contributed by atoms with Crippen molar-refractivity contribution in [2.75, 3.05) is 32.8 Å². The Morgan fingerprint density at radius 3 is 2.62 bits per heavy atom. The molecule has 0 bridgehead atoms. The maximum Gasteiger partial charge on any atom is 0.289 e. The minimum absolute atomic E-state index is 0.151. The number of hydrogen-bond acceptors (Lipinski definition) is 8. The summed E-state index contributed by atoms with van der Waals surface area (Å²) in [6.45, 7) is 4.90. The Kier molecular flexibility index (Phi) is 7.11. The number of rotatable bonds is 8. The van der Waals surface area contributed by atoms with Crippen LogP contribution in [0.1, 0.15) is 40.5 Å². The Balaban J connectivity index is 1.38. The van der Waals surface area contributed by atoms with E-state index >= 15 is 0 Å². The van der Waals surface area contributed by atoms with Gasteiger partial charge in [0.25, 0.3) is 11.5 Å². The van der Waals surface area contributed by atoms with Gasteiger partial charge in [0, 0.05) is 42.6 Å². The molecular formula is C29H29N7O4. The summed E-state index contributed by atoms with van der Waals surface area (Å²) in [5.74, 6) is 1.44. The van der Waals surface area contributed by atoms with Gasteiger partial charge in [-0.2, -0.15) is 0 Å². The summed E-state index contributed by atoms with van der Waals surface area (Å²) in [7, 11) is 0. The number of H-pyrrole nitrogens is 1. The molecule has 0 radical (unpaired) electrons. The predicted octanol–water partition coefficient (Wildman–Crippen LogP) is 3.10. The quantitative estimate of drug-likeness (QED) is 0.319. The Morgan fingerprint density at radius 2 is 1.88 bits per heavy atom. The van der Waals surface area contributed by atoms with Crippen molar-refractivity contribution in [1.82, 2.24) is 35.0 Å². The van der Waals surface area contributed by atoms with Gasteiger partial charge in [0.2, 0.25) is 0 Å². The molecule has 1 unspecified atom stereocenters. The van der Waals surface area contributed by atoms with Crippen molar-refractivity contribution in [1.29, 1.82) is 0 Å². The molecule has 2 aromatic carbocycles. The van der Waals surface area contributed by atoms with Crippen molar-refractivity contribution in [3.05, 3.63) is 106 Å². The zero-order chi connectivity index (χ0) is 27.5. The lowest BCUT2D eigenvalue weighted by molar-refractivity contribution is 0.0558. The highest BCUT2D eigenvalue weighted by Gasteiger charge is 2.34. The molecule has 0 spiro atoms. The van der Waals surface area contributed by atoms with Gasteiger partial charge >= 0.3 is 0 Å². The van der Waals surface area contributed by atoms with Crippen LogP contribution in [0.25, 0.3) is 10.9 Å². The topological polar surface area (TPSA) is 122 Å². The van der Waals surface area contributed by atoms with Gasteiger partial charge < -0.3 is 19.0 Å². The van der Waals surface area contributed by atoms with Crippen LogP contribution in [0.5, 0.6) is 5.75 Å². The van der Waals surface area contributed by atoms with E-state index in [0.717, 1.165) is 16.7 Å². The second-order valence-corrected chi connectivity index (χ2v) is 9.62. The molecule has 204 valence electrons. The molecule has 5 aromatic rings. The number of tetrazole rings is 1. The van der Waals surface area contributed by atoms with Crippen molar-refractivity contribution in [3.63, 3.8) is 0 Å². The number of benzene rings is 2. The summed E-state index contributed by atoms with van der Waals surface area (Å²) in [4.78, 5) is 33.4. The standard InChI is InChI=1S/C29H29N7O4/c1-2-39-22-10-11-24-21(17-22)18-23(28(37)30-24)26(27-31-32-33-36(27)19-20-7-4-3-5-8-20)34-12-14-35(15-13-34)29(38)25-9-6-16-40-25/h3-11,16-18,26H,2,12-15,19H2,1H3,(H,30,37). The molecule has 1 N–H and O–H groups in total. The summed E-state index contributed by atoms with van der Waals surface area (Å²) >= 11 is 0. The molecule has 11 heteroatoms. The third-order valence-corrected chi connectivity index (χ3v) is 7.13. The minimum atomic E-state index is -0.538. The lowest BCUT2D eigenvalue weighted by Gasteiger charge is -2.38. The molecule has 1 amide bonds. The predicted molar refractivity (Wildman–Crippen MR) is 147 cm³/mol. The molecule has 0 aliphatic carbocycles. The van der Waals surface area contributed by atoms with Crippen LogP contribution in [0.15, 0.2) is 82.2 Å². The van der Waals surface area contributed by atoms with Gasteiger partial charge in [-0.15, -0.1) is 5.10 Å². The highest BCUT2D eigenvalue weighted by molar-refractivity contribution is 5.91. The molecule has 1 aliphatic heterocycles. The maximum absolute atomic E-state index is 13.6. The van der Waals surface area contributed by atoms with Crippen LogP contribution < -0.4 is 10.3 Å². The van der Waals surface area contributed by atoms with E-state index in [1.165, 1.54) is 6.26 Å². The summed E-state index contributed by atoms with van der Waals surface area (Å²) in [6, 6.07) is 20.3. The summed E-state index contributed by atoms with van der Waals surface area (Å²) in [5, 5.41) is 13.5. The lowest BCUT2D eigenvalue weighted by atomic mass is 10.0. The minimum Gasteiger partial charge on any atom is -0.494 e. The first-order chi connectivity index (χ1) is 19.6. The highest BCUT2D eigenvalue weighted by Crippen LogP contribution is 2.29.